The van der Waals surface area contributed by atoms with E-state index in [9.17, 15) is 8.42 Å². The van der Waals surface area contributed by atoms with Gasteiger partial charge in [0, 0.05) is 9.79 Å². The first-order chi connectivity index (χ1) is 13.4. The highest BCUT2D eigenvalue weighted by Gasteiger charge is 2.16. The van der Waals surface area contributed by atoms with E-state index >= 15 is 0 Å². The second-order valence-corrected chi connectivity index (χ2v) is 11.9. The molecule has 0 aliphatic carbocycles. The summed E-state index contributed by atoms with van der Waals surface area (Å²) in [5.41, 5.74) is 2.29. The van der Waals surface area contributed by atoms with Gasteiger partial charge in [-0.25, -0.2) is 0 Å². The molecule has 2 aromatic carbocycles. The minimum atomic E-state index is -1.18. The molecule has 4 atom stereocenters. The van der Waals surface area contributed by atoms with Crippen molar-refractivity contribution in [3.05, 3.63) is 59.7 Å². The summed E-state index contributed by atoms with van der Waals surface area (Å²) < 4.78 is 24.1. The molecular formula is C22H28Cl2O2S2. The number of alkyl halides is 2. The summed E-state index contributed by atoms with van der Waals surface area (Å²) in [6.45, 7) is 4.01. The normalized spacial score (nSPS) is 15.7. The molecule has 0 fully saturated rings. The molecule has 0 bridgehead atoms. The largest absolute Gasteiger partial charge is 0.253 e. The minimum Gasteiger partial charge on any atom is -0.253 e. The standard InChI is InChI=1S/C22H28Cl2O2S2/c1-17-9-13-19(14-10-17)27(25)21(23)7-5-3-4-6-8-22(24)28(26)20-15-11-18(2)12-16-20/h9-16,21-22H,3-8H2,1-2H3. The van der Waals surface area contributed by atoms with Crippen LogP contribution in [0.3, 0.4) is 0 Å². The Morgan fingerprint density at radius 2 is 0.964 bits per heavy atom. The van der Waals surface area contributed by atoms with E-state index in [1.54, 1.807) is 0 Å². The van der Waals surface area contributed by atoms with Crippen LogP contribution in [0.25, 0.3) is 0 Å². The molecule has 2 rings (SSSR count). The lowest BCUT2D eigenvalue weighted by atomic mass is 10.1. The van der Waals surface area contributed by atoms with Crippen molar-refractivity contribution in [3.63, 3.8) is 0 Å². The Morgan fingerprint density at radius 3 is 1.29 bits per heavy atom. The molecule has 0 amide bonds. The SMILES string of the molecule is Cc1ccc(S(=O)C(Cl)CCCCCCC(Cl)S(=O)c2ccc(C)cc2)cc1. The minimum absolute atomic E-state index is 0.363. The van der Waals surface area contributed by atoms with E-state index in [-0.39, 0.29) is 9.42 Å². The molecule has 0 aliphatic heterocycles. The number of aryl methyl sites for hydroxylation is 2. The highest BCUT2D eigenvalue weighted by molar-refractivity contribution is 7.87. The Labute approximate surface area is 183 Å². The quantitative estimate of drug-likeness (QED) is 0.277. The third-order valence-corrected chi connectivity index (χ3v) is 8.86. The van der Waals surface area contributed by atoms with E-state index in [2.05, 4.69) is 0 Å². The Kier molecular flexibility index (Phi) is 10.2. The topological polar surface area (TPSA) is 34.1 Å². The lowest BCUT2D eigenvalue weighted by molar-refractivity contribution is 0.607. The van der Waals surface area contributed by atoms with Crippen LogP contribution in [0.2, 0.25) is 0 Å². The first kappa shape index (κ1) is 23.6. The van der Waals surface area contributed by atoms with Crippen molar-refractivity contribution >= 4 is 44.8 Å². The van der Waals surface area contributed by atoms with Gasteiger partial charge < -0.3 is 0 Å². The third-order valence-electron chi connectivity index (χ3n) is 4.58. The molecule has 2 aromatic rings. The van der Waals surface area contributed by atoms with Gasteiger partial charge in [0.1, 0.15) is 9.42 Å². The zero-order valence-electron chi connectivity index (χ0n) is 16.4. The summed E-state index contributed by atoms with van der Waals surface area (Å²) in [4.78, 5) is 1.57. The maximum atomic E-state index is 12.4. The smallest absolute Gasteiger partial charge is 0.113 e. The van der Waals surface area contributed by atoms with Gasteiger partial charge in [0.2, 0.25) is 0 Å². The van der Waals surface area contributed by atoms with Crippen LogP contribution >= 0.6 is 23.2 Å². The van der Waals surface area contributed by atoms with Crippen LogP contribution in [0, 0.1) is 13.8 Å². The van der Waals surface area contributed by atoms with E-state index in [0.717, 1.165) is 59.4 Å². The van der Waals surface area contributed by atoms with Crippen molar-refractivity contribution in [2.24, 2.45) is 0 Å². The fourth-order valence-corrected chi connectivity index (χ4v) is 5.90. The Bertz CT molecular complexity index is 709. The van der Waals surface area contributed by atoms with Gasteiger partial charge >= 0.3 is 0 Å². The number of halogens is 2. The summed E-state index contributed by atoms with van der Waals surface area (Å²) in [5, 5.41) is 0. The highest BCUT2D eigenvalue weighted by Crippen LogP contribution is 2.22. The van der Waals surface area contributed by atoms with Crippen molar-refractivity contribution in [2.45, 2.75) is 71.6 Å². The second-order valence-electron chi connectivity index (χ2n) is 7.03. The van der Waals surface area contributed by atoms with E-state index in [0.29, 0.717) is 0 Å². The average Bonchev–Trinajstić information content (AvgIpc) is 2.70. The van der Waals surface area contributed by atoms with Crippen molar-refractivity contribution in [1.29, 1.82) is 0 Å². The lowest BCUT2D eigenvalue weighted by Crippen LogP contribution is -2.09. The fourth-order valence-electron chi connectivity index (χ4n) is 2.82. The monoisotopic (exact) mass is 458 g/mol. The zero-order valence-corrected chi connectivity index (χ0v) is 19.5. The maximum absolute atomic E-state index is 12.4. The lowest BCUT2D eigenvalue weighted by Gasteiger charge is -2.11. The summed E-state index contributed by atoms with van der Waals surface area (Å²) >= 11 is 12.7. The van der Waals surface area contributed by atoms with Crippen LogP contribution < -0.4 is 0 Å². The van der Waals surface area contributed by atoms with Crippen LogP contribution in [0.4, 0.5) is 0 Å². The molecule has 0 spiro atoms. The summed E-state index contributed by atoms with van der Waals surface area (Å²) in [6.07, 6.45) is 5.33. The number of hydrogen-bond acceptors (Lipinski definition) is 2. The fraction of sp³-hybridized carbons (Fsp3) is 0.455. The zero-order chi connectivity index (χ0) is 20.5. The van der Waals surface area contributed by atoms with Gasteiger partial charge in [0.25, 0.3) is 0 Å². The molecule has 6 heteroatoms. The molecule has 0 aliphatic rings. The molecule has 154 valence electrons. The van der Waals surface area contributed by atoms with E-state index in [4.69, 9.17) is 23.2 Å². The van der Waals surface area contributed by atoms with Crippen molar-refractivity contribution in [2.75, 3.05) is 0 Å². The Hall–Kier alpha value is -0.680. The molecule has 0 saturated heterocycles. The van der Waals surface area contributed by atoms with E-state index < -0.39 is 21.6 Å². The van der Waals surface area contributed by atoms with Crippen LogP contribution in [0.1, 0.15) is 49.7 Å². The highest BCUT2D eigenvalue weighted by atomic mass is 35.5. The summed E-state index contributed by atoms with van der Waals surface area (Å²) in [6, 6.07) is 15.4. The average molecular weight is 460 g/mol. The van der Waals surface area contributed by atoms with Gasteiger partial charge in [-0.3, -0.25) is 8.42 Å². The van der Waals surface area contributed by atoms with Crippen molar-refractivity contribution in [1.82, 2.24) is 0 Å². The maximum Gasteiger partial charge on any atom is 0.113 e. The number of hydrogen-bond donors (Lipinski definition) is 0. The number of rotatable bonds is 11. The van der Waals surface area contributed by atoms with Crippen LogP contribution in [-0.4, -0.2) is 17.8 Å². The van der Waals surface area contributed by atoms with Gasteiger partial charge in [0.15, 0.2) is 0 Å². The van der Waals surface area contributed by atoms with E-state index in [1.807, 2.05) is 62.4 Å². The molecule has 0 aromatic heterocycles. The van der Waals surface area contributed by atoms with Crippen LogP contribution in [-0.2, 0) is 21.6 Å². The predicted molar refractivity (Wildman–Crippen MR) is 122 cm³/mol. The predicted octanol–water partition coefficient (Wildman–Crippen LogP) is 6.69. The molecule has 0 heterocycles. The van der Waals surface area contributed by atoms with Gasteiger partial charge in [-0.2, -0.15) is 0 Å². The molecule has 28 heavy (non-hydrogen) atoms. The molecule has 0 saturated carbocycles. The van der Waals surface area contributed by atoms with E-state index in [1.165, 1.54) is 0 Å². The molecular weight excluding hydrogens is 431 g/mol. The summed E-state index contributed by atoms with van der Waals surface area (Å²) in [7, 11) is -2.35. The molecule has 0 radical (unpaired) electrons. The Balaban J connectivity index is 1.63. The first-order valence-electron chi connectivity index (χ1n) is 9.61. The van der Waals surface area contributed by atoms with Crippen LogP contribution in [0.15, 0.2) is 58.3 Å². The van der Waals surface area contributed by atoms with Gasteiger partial charge in [-0.05, 0) is 51.0 Å². The molecule has 2 nitrogen and oxygen atoms in total. The van der Waals surface area contributed by atoms with Gasteiger partial charge in [-0.15, -0.1) is 23.2 Å². The van der Waals surface area contributed by atoms with Crippen molar-refractivity contribution < 1.29 is 8.42 Å². The number of unbranched alkanes of at least 4 members (excludes halogenated alkanes) is 3. The molecule has 4 unspecified atom stereocenters. The number of benzene rings is 2. The summed E-state index contributed by atoms with van der Waals surface area (Å²) in [5.74, 6) is 0. The first-order valence-corrected chi connectivity index (χ1v) is 12.9. The van der Waals surface area contributed by atoms with Gasteiger partial charge in [0.05, 0.1) is 21.6 Å². The second kappa shape index (κ2) is 12.1. The van der Waals surface area contributed by atoms with Gasteiger partial charge in [-0.1, -0.05) is 61.1 Å². The molecule has 0 N–H and O–H groups in total. The van der Waals surface area contributed by atoms with Crippen molar-refractivity contribution in [3.8, 4) is 0 Å². The van der Waals surface area contributed by atoms with Crippen LogP contribution in [0.5, 0.6) is 0 Å². The Morgan fingerprint density at radius 1 is 0.643 bits per heavy atom. The third kappa shape index (κ3) is 7.62.